The van der Waals surface area contributed by atoms with Gasteiger partial charge in [0, 0.05) is 27.2 Å². The van der Waals surface area contributed by atoms with Crippen LogP contribution in [0, 0.1) is 0 Å². The van der Waals surface area contributed by atoms with Crippen LogP contribution in [0.3, 0.4) is 0 Å². The van der Waals surface area contributed by atoms with E-state index in [1.807, 2.05) is 0 Å². The summed E-state index contributed by atoms with van der Waals surface area (Å²) in [7, 11) is 0. The summed E-state index contributed by atoms with van der Waals surface area (Å²) in [6.07, 6.45) is -3.44. The molecule has 0 unspecified atom stereocenters. The number of hydrogen-bond acceptors (Lipinski definition) is 8. The van der Waals surface area contributed by atoms with Crippen molar-refractivity contribution in [3.8, 4) is 0 Å². The van der Waals surface area contributed by atoms with Gasteiger partial charge in [-0.05, 0) is 0 Å². The molecule has 0 aromatic carbocycles. The molecule has 0 bridgehead atoms. The first-order valence-electron chi connectivity index (χ1n) is 6.58. The number of aliphatic hydroxyl groups excluding tert-OH is 1. The second-order valence-electron chi connectivity index (χ2n) is 4.72. The van der Waals surface area contributed by atoms with Gasteiger partial charge in [0.25, 0.3) is 0 Å². The van der Waals surface area contributed by atoms with E-state index in [1.54, 1.807) is 0 Å². The Hall–Kier alpha value is -1.67. The zero-order valence-corrected chi connectivity index (χ0v) is 12.2. The molecule has 1 aliphatic rings. The van der Waals surface area contributed by atoms with E-state index in [-0.39, 0.29) is 19.6 Å². The third-order valence-corrected chi connectivity index (χ3v) is 2.86. The minimum atomic E-state index is -1.09. The largest absolute Gasteiger partial charge is 0.466 e. The molecule has 1 saturated heterocycles. The summed E-state index contributed by atoms with van der Waals surface area (Å²) in [6, 6.07) is 0. The summed E-state index contributed by atoms with van der Waals surface area (Å²) in [5.74, 6) is -1.63. The quantitative estimate of drug-likeness (QED) is 0.538. The van der Waals surface area contributed by atoms with Gasteiger partial charge in [0.15, 0.2) is 12.2 Å². The molecule has 0 saturated carbocycles. The molecule has 21 heavy (non-hydrogen) atoms. The van der Waals surface area contributed by atoms with Crippen molar-refractivity contribution in [1.29, 1.82) is 0 Å². The van der Waals surface area contributed by atoms with Crippen molar-refractivity contribution in [3.05, 3.63) is 0 Å². The van der Waals surface area contributed by atoms with Crippen molar-refractivity contribution < 1.29 is 38.4 Å². The molecular formula is C13H20O8. The van der Waals surface area contributed by atoms with E-state index in [0.717, 1.165) is 0 Å². The zero-order valence-electron chi connectivity index (χ0n) is 12.2. The number of carbonyl (C=O) groups excluding carboxylic acids is 3. The predicted octanol–water partition coefficient (Wildman–Crippen LogP) is -0.437. The first-order chi connectivity index (χ1) is 9.81. The van der Waals surface area contributed by atoms with Gasteiger partial charge < -0.3 is 24.1 Å². The topological polar surface area (TPSA) is 108 Å². The van der Waals surface area contributed by atoms with Gasteiger partial charge in [-0.25, -0.2) is 0 Å². The van der Waals surface area contributed by atoms with Crippen LogP contribution in [0.4, 0.5) is 0 Å². The normalized spacial score (nSPS) is 28.6. The van der Waals surface area contributed by atoms with Crippen LogP contribution in [0.25, 0.3) is 0 Å². The van der Waals surface area contributed by atoms with E-state index in [0.29, 0.717) is 0 Å². The number of hydrogen-bond donors (Lipinski definition) is 1. The molecule has 8 nitrogen and oxygen atoms in total. The van der Waals surface area contributed by atoms with Gasteiger partial charge in [0.05, 0.1) is 13.2 Å². The van der Waals surface area contributed by atoms with Gasteiger partial charge >= 0.3 is 17.9 Å². The second-order valence-corrected chi connectivity index (χ2v) is 4.72. The molecule has 1 N–H and O–H groups in total. The maximum atomic E-state index is 11.2. The molecule has 1 aliphatic heterocycles. The van der Waals surface area contributed by atoms with Crippen LogP contribution in [0.1, 0.15) is 27.2 Å². The third-order valence-electron chi connectivity index (χ3n) is 2.86. The Kier molecular flexibility index (Phi) is 6.57. The average Bonchev–Trinajstić information content (AvgIpc) is 2.35. The van der Waals surface area contributed by atoms with Crippen LogP contribution < -0.4 is 0 Å². The van der Waals surface area contributed by atoms with Gasteiger partial charge in [-0.1, -0.05) is 0 Å². The lowest BCUT2D eigenvalue weighted by atomic mass is 9.97. The minimum Gasteiger partial charge on any atom is -0.466 e. The fourth-order valence-corrected chi connectivity index (χ4v) is 2.08. The summed E-state index contributed by atoms with van der Waals surface area (Å²) in [5.41, 5.74) is 0. The van der Waals surface area contributed by atoms with Gasteiger partial charge in [-0.15, -0.1) is 0 Å². The smallest absolute Gasteiger partial charge is 0.303 e. The fraction of sp³-hybridized carbons (Fsp3) is 0.769. The summed E-state index contributed by atoms with van der Waals surface area (Å²) in [4.78, 5) is 33.1. The lowest BCUT2D eigenvalue weighted by Gasteiger charge is -2.39. The highest BCUT2D eigenvalue weighted by Crippen LogP contribution is 2.24. The Morgan fingerprint density at radius 1 is 1.05 bits per heavy atom. The zero-order chi connectivity index (χ0) is 16.0. The molecule has 1 rings (SSSR count). The van der Waals surface area contributed by atoms with E-state index >= 15 is 0 Å². The Bertz CT molecular complexity index is 394. The molecule has 8 heteroatoms. The standard InChI is InChI=1S/C13H20O8/c1-7(14)18-5-4-11-13(21-9(3)16)12(20-8(2)15)10(17)6-19-11/h10-13,17H,4-6H2,1-3H3/t10-,11+,12+,13+/m0/s1. The molecule has 1 heterocycles. The SMILES string of the molecule is CC(=O)OCC[C@H]1OC[C@H](O)[C@@H](OC(C)=O)[C@@H]1OC(C)=O. The second kappa shape index (κ2) is 7.94. The minimum absolute atomic E-state index is 0.0690. The summed E-state index contributed by atoms with van der Waals surface area (Å²) < 4.78 is 20.3. The van der Waals surface area contributed by atoms with Crippen molar-refractivity contribution in [2.75, 3.05) is 13.2 Å². The molecule has 0 amide bonds. The number of rotatable bonds is 5. The Morgan fingerprint density at radius 2 is 1.62 bits per heavy atom. The fourth-order valence-electron chi connectivity index (χ4n) is 2.08. The van der Waals surface area contributed by atoms with Crippen molar-refractivity contribution >= 4 is 17.9 Å². The van der Waals surface area contributed by atoms with Gasteiger partial charge in [0.1, 0.15) is 12.2 Å². The predicted molar refractivity (Wildman–Crippen MR) is 68.1 cm³/mol. The average molecular weight is 304 g/mol. The molecule has 0 spiro atoms. The number of esters is 3. The highest BCUT2D eigenvalue weighted by atomic mass is 16.6. The van der Waals surface area contributed by atoms with E-state index in [1.165, 1.54) is 20.8 Å². The summed E-state index contributed by atoms with van der Waals surface area (Å²) in [6.45, 7) is 3.67. The maximum Gasteiger partial charge on any atom is 0.303 e. The molecule has 4 atom stereocenters. The van der Waals surface area contributed by atoms with Crippen LogP contribution in [-0.4, -0.2) is 60.6 Å². The number of aliphatic hydroxyl groups is 1. The van der Waals surface area contributed by atoms with Crippen LogP contribution >= 0.6 is 0 Å². The van der Waals surface area contributed by atoms with E-state index in [9.17, 15) is 19.5 Å². The first kappa shape index (κ1) is 17.4. The van der Waals surface area contributed by atoms with Gasteiger partial charge in [-0.3, -0.25) is 14.4 Å². The first-order valence-corrected chi connectivity index (χ1v) is 6.58. The molecule has 120 valence electrons. The van der Waals surface area contributed by atoms with Crippen LogP contribution in [0.5, 0.6) is 0 Å². The number of carbonyl (C=O) groups is 3. The lowest BCUT2D eigenvalue weighted by Crippen LogP contribution is -2.56. The van der Waals surface area contributed by atoms with Crippen LogP contribution in [0.15, 0.2) is 0 Å². The molecule has 1 fully saturated rings. The van der Waals surface area contributed by atoms with E-state index in [4.69, 9.17) is 18.9 Å². The van der Waals surface area contributed by atoms with Crippen LogP contribution in [0.2, 0.25) is 0 Å². The molecular weight excluding hydrogens is 284 g/mol. The van der Waals surface area contributed by atoms with E-state index < -0.39 is 42.3 Å². The van der Waals surface area contributed by atoms with Crippen molar-refractivity contribution in [3.63, 3.8) is 0 Å². The Morgan fingerprint density at radius 3 is 2.14 bits per heavy atom. The lowest BCUT2D eigenvalue weighted by molar-refractivity contribution is -0.220. The molecule has 0 aromatic rings. The van der Waals surface area contributed by atoms with Gasteiger partial charge in [-0.2, -0.15) is 0 Å². The highest BCUT2D eigenvalue weighted by molar-refractivity contribution is 5.67. The molecule has 0 aromatic heterocycles. The molecule has 0 aliphatic carbocycles. The maximum absolute atomic E-state index is 11.2. The highest BCUT2D eigenvalue weighted by Gasteiger charge is 2.44. The monoisotopic (exact) mass is 304 g/mol. The van der Waals surface area contributed by atoms with E-state index in [2.05, 4.69) is 0 Å². The van der Waals surface area contributed by atoms with Crippen molar-refractivity contribution in [2.24, 2.45) is 0 Å². The summed E-state index contributed by atoms with van der Waals surface area (Å²) in [5, 5.41) is 9.85. The van der Waals surface area contributed by atoms with Crippen molar-refractivity contribution in [1.82, 2.24) is 0 Å². The number of ether oxygens (including phenoxy) is 4. The third kappa shape index (κ3) is 5.68. The van der Waals surface area contributed by atoms with Crippen molar-refractivity contribution in [2.45, 2.75) is 51.6 Å². The Balaban J connectivity index is 2.76. The Labute approximate surface area is 122 Å². The van der Waals surface area contributed by atoms with Gasteiger partial charge in [0.2, 0.25) is 0 Å². The molecule has 0 radical (unpaired) electrons. The summed E-state index contributed by atoms with van der Waals surface area (Å²) >= 11 is 0. The van der Waals surface area contributed by atoms with Crippen LogP contribution in [-0.2, 0) is 33.3 Å².